The average molecular weight is 570 g/mol. The van der Waals surface area contributed by atoms with E-state index in [1.807, 2.05) is 0 Å². The van der Waals surface area contributed by atoms with Crippen molar-refractivity contribution in [1.29, 1.82) is 0 Å². The maximum Gasteiger partial charge on any atom is 0.338 e. The number of benzene rings is 2. The molecule has 0 unspecified atom stereocenters. The molecule has 0 aliphatic heterocycles. The zero-order chi connectivity index (χ0) is 26.0. The van der Waals surface area contributed by atoms with Crippen LogP contribution in [0.25, 0.3) is 11.6 Å². The molecule has 0 fully saturated rings. The van der Waals surface area contributed by atoms with E-state index in [0.717, 1.165) is 15.7 Å². The molecule has 0 aliphatic rings. The molecule has 188 valence electrons. The Kier molecular flexibility index (Phi) is 10.2. The highest BCUT2D eigenvalue weighted by Gasteiger charge is 2.16. The van der Waals surface area contributed by atoms with E-state index >= 15 is 0 Å². The number of nitrogens with zero attached hydrogens (tertiary/aromatic N) is 3. The third kappa shape index (κ3) is 9.37. The third-order valence-corrected chi connectivity index (χ3v) is 6.03. The molecule has 0 aromatic heterocycles. The van der Waals surface area contributed by atoms with Gasteiger partial charge in [0.05, 0.1) is 22.5 Å². The van der Waals surface area contributed by atoms with Gasteiger partial charge in [-0.1, -0.05) is 40.2 Å². The maximum absolute atomic E-state index is 12.9. The zero-order valence-corrected chi connectivity index (χ0v) is 21.6. The second-order valence-electron chi connectivity index (χ2n) is 7.14. The molecule has 0 saturated heterocycles. The molecular weight excluding hydrogens is 546 g/mol. The molecule has 35 heavy (non-hydrogen) atoms. The molecule has 0 amide bonds. The van der Waals surface area contributed by atoms with Crippen LogP contribution in [0.3, 0.4) is 0 Å². The first-order chi connectivity index (χ1) is 16.5. The van der Waals surface area contributed by atoms with Crippen LogP contribution in [0.5, 0.6) is 0 Å². The quantitative estimate of drug-likeness (QED) is 0.0583. The van der Waals surface area contributed by atoms with Crippen LogP contribution in [0.15, 0.2) is 63.2 Å². The van der Waals surface area contributed by atoms with E-state index in [1.54, 1.807) is 42.5 Å². The monoisotopic (exact) mass is 569 g/mol. The Morgan fingerprint density at radius 1 is 1.11 bits per heavy atom. The van der Waals surface area contributed by atoms with E-state index in [1.165, 1.54) is 26.1 Å². The largest absolute Gasteiger partial charge is 0.569 e. The van der Waals surface area contributed by atoms with Crippen LogP contribution in [-0.4, -0.2) is 63.6 Å². The molecule has 0 saturated carbocycles. The van der Waals surface area contributed by atoms with Crippen LogP contribution in [-0.2, 0) is 33.7 Å². The van der Waals surface area contributed by atoms with Crippen molar-refractivity contribution < 1.29 is 37.3 Å². The van der Waals surface area contributed by atoms with Crippen LogP contribution in [0.4, 0.5) is 0 Å². The standard InChI is InChI=1S/C22H24BrN3O8S/c1-16(27)33-15-34-24-26(29)25(2)12-13-32-22(28)21(18-6-8-19(23)9-7-18)14-17-4-10-20(11-5-17)35(3,30)31/h4-11,14H,12-13,15H2,1-3H3/b21-14+,26-24-. The average Bonchev–Trinajstić information content (AvgIpc) is 2.80. The number of hydrazine groups is 1. The topological polar surface area (TPSA) is 138 Å². The molecule has 2 aromatic rings. The van der Waals surface area contributed by atoms with E-state index in [0.29, 0.717) is 11.1 Å². The summed E-state index contributed by atoms with van der Waals surface area (Å²) in [6.07, 6.45) is 2.70. The van der Waals surface area contributed by atoms with Gasteiger partial charge in [-0.15, -0.1) is 5.01 Å². The minimum absolute atomic E-state index is 0.00760. The summed E-state index contributed by atoms with van der Waals surface area (Å²) < 4.78 is 34.0. The Balaban J connectivity index is 2.11. The smallest absolute Gasteiger partial charge is 0.338 e. The number of likely N-dealkylation sites (N-methyl/N-ethyl adjacent to an activating group) is 1. The molecule has 13 heteroatoms. The molecule has 0 N–H and O–H groups in total. The number of carbonyl (C=O) groups is 2. The minimum Gasteiger partial charge on any atom is -0.569 e. The van der Waals surface area contributed by atoms with Gasteiger partial charge in [0.1, 0.15) is 13.2 Å². The summed E-state index contributed by atoms with van der Waals surface area (Å²) in [5.41, 5.74) is 1.41. The Hall–Kier alpha value is -3.45. The number of carbonyl (C=O) groups excluding carboxylic acids is 2. The van der Waals surface area contributed by atoms with Gasteiger partial charge in [-0.05, 0) is 41.5 Å². The van der Waals surface area contributed by atoms with Gasteiger partial charge >= 0.3 is 11.9 Å². The van der Waals surface area contributed by atoms with Gasteiger partial charge in [-0.25, -0.2) is 13.2 Å². The van der Waals surface area contributed by atoms with Crippen molar-refractivity contribution in [3.05, 3.63) is 69.3 Å². The normalized spacial score (nSPS) is 12.1. The molecular formula is C22H24BrN3O8S. The van der Waals surface area contributed by atoms with Crippen molar-refractivity contribution in [2.24, 2.45) is 5.28 Å². The van der Waals surface area contributed by atoms with E-state index in [9.17, 15) is 23.2 Å². The first-order valence-electron chi connectivity index (χ1n) is 10.1. The maximum atomic E-state index is 12.9. The van der Waals surface area contributed by atoms with Crippen molar-refractivity contribution in [3.63, 3.8) is 0 Å². The molecule has 0 radical (unpaired) electrons. The number of sulfone groups is 1. The predicted octanol–water partition coefficient (Wildman–Crippen LogP) is 3.20. The van der Waals surface area contributed by atoms with E-state index in [-0.39, 0.29) is 28.6 Å². The van der Waals surface area contributed by atoms with E-state index < -0.39 is 28.6 Å². The summed E-state index contributed by atoms with van der Waals surface area (Å²) in [7, 11) is -1.95. The number of rotatable bonds is 11. The zero-order valence-electron chi connectivity index (χ0n) is 19.2. The lowest BCUT2D eigenvalue weighted by Crippen LogP contribution is -2.30. The molecule has 0 atom stereocenters. The molecule has 0 bridgehead atoms. The van der Waals surface area contributed by atoms with Crippen molar-refractivity contribution in [2.45, 2.75) is 11.8 Å². The second kappa shape index (κ2) is 12.9. The fraction of sp³-hybridized carbons (Fsp3) is 0.273. The number of ether oxygens (including phenoxy) is 2. The summed E-state index contributed by atoms with van der Waals surface area (Å²) in [6.45, 7) is 0.518. The molecule has 0 heterocycles. The Bertz CT molecular complexity index is 1200. The lowest BCUT2D eigenvalue weighted by molar-refractivity contribution is -0.706. The predicted molar refractivity (Wildman–Crippen MR) is 129 cm³/mol. The van der Waals surface area contributed by atoms with Gasteiger partial charge in [-0.2, -0.15) is 0 Å². The van der Waals surface area contributed by atoms with Crippen LogP contribution >= 0.6 is 15.9 Å². The lowest BCUT2D eigenvalue weighted by Gasteiger charge is -2.14. The third-order valence-electron chi connectivity index (χ3n) is 4.38. The van der Waals surface area contributed by atoms with E-state index in [4.69, 9.17) is 4.74 Å². The van der Waals surface area contributed by atoms with Gasteiger partial charge in [0.25, 0.3) is 6.79 Å². The fourth-order valence-corrected chi connectivity index (χ4v) is 3.44. The van der Waals surface area contributed by atoms with Crippen molar-refractivity contribution >= 4 is 49.4 Å². The number of halogens is 1. The van der Waals surface area contributed by atoms with Gasteiger partial charge < -0.3 is 19.5 Å². The van der Waals surface area contributed by atoms with Crippen LogP contribution in [0, 0.1) is 5.21 Å². The Morgan fingerprint density at radius 2 is 1.74 bits per heavy atom. The van der Waals surface area contributed by atoms with Gasteiger partial charge in [0, 0.05) is 17.7 Å². The number of hydrogen-bond acceptors (Lipinski definition) is 9. The molecule has 2 aromatic carbocycles. The summed E-state index contributed by atoms with van der Waals surface area (Å²) in [6, 6.07) is 13.1. The van der Waals surface area contributed by atoms with Crippen LogP contribution < -0.4 is 0 Å². The number of hydrogen-bond donors (Lipinski definition) is 0. The molecule has 2 rings (SSSR count). The molecule has 0 spiro atoms. The van der Waals surface area contributed by atoms with Crippen LogP contribution in [0.1, 0.15) is 18.1 Å². The summed E-state index contributed by atoms with van der Waals surface area (Å²) in [4.78, 5) is 28.4. The Labute approximate surface area is 211 Å². The highest BCUT2D eigenvalue weighted by atomic mass is 79.9. The lowest BCUT2D eigenvalue weighted by atomic mass is 10.0. The first-order valence-corrected chi connectivity index (χ1v) is 12.8. The SMILES string of the molecule is CC(=O)OCO/N=[N+](\[O-])N(C)CCOC(=O)/C(=C/c1ccc(S(C)(=O)=O)cc1)c1ccc(Br)cc1. The van der Waals surface area contributed by atoms with Crippen molar-refractivity contribution in [3.8, 4) is 0 Å². The summed E-state index contributed by atoms with van der Waals surface area (Å²) >= 11 is 3.35. The van der Waals surface area contributed by atoms with Gasteiger partial charge in [0.2, 0.25) is 5.28 Å². The van der Waals surface area contributed by atoms with E-state index in [2.05, 4.69) is 30.8 Å². The van der Waals surface area contributed by atoms with Gasteiger partial charge in [0.15, 0.2) is 9.84 Å². The second-order valence-corrected chi connectivity index (χ2v) is 10.1. The first kappa shape index (κ1) is 27.8. The van der Waals surface area contributed by atoms with Crippen LogP contribution in [0.2, 0.25) is 0 Å². The van der Waals surface area contributed by atoms with Crippen molar-refractivity contribution in [2.75, 3.05) is 33.2 Å². The summed E-state index contributed by atoms with van der Waals surface area (Å²) in [5, 5.41) is 16.1. The highest BCUT2D eigenvalue weighted by Crippen LogP contribution is 2.23. The minimum atomic E-state index is -3.35. The van der Waals surface area contributed by atoms with Crippen molar-refractivity contribution in [1.82, 2.24) is 5.01 Å². The summed E-state index contributed by atoms with van der Waals surface area (Å²) in [5.74, 6) is -1.23. The highest BCUT2D eigenvalue weighted by molar-refractivity contribution is 9.10. The molecule has 11 nitrogen and oxygen atoms in total. The number of esters is 2. The van der Waals surface area contributed by atoms with Gasteiger partial charge in [-0.3, -0.25) is 4.79 Å². The fourth-order valence-electron chi connectivity index (χ4n) is 2.55. The molecule has 0 aliphatic carbocycles. The Morgan fingerprint density at radius 3 is 2.31 bits per heavy atom.